The highest BCUT2D eigenvalue weighted by atomic mass is 79.9. The molecule has 0 saturated heterocycles. The summed E-state index contributed by atoms with van der Waals surface area (Å²) in [5.41, 5.74) is 4.11. The minimum atomic E-state index is 0.218. The summed E-state index contributed by atoms with van der Waals surface area (Å²) in [6.45, 7) is 4.62. The van der Waals surface area contributed by atoms with E-state index in [0.717, 1.165) is 10.3 Å². The second kappa shape index (κ2) is 3.41. The molecule has 0 unspecified atom stereocenters. The summed E-state index contributed by atoms with van der Waals surface area (Å²) in [5, 5.41) is 0. The standard InChI is InChI=1S/C13H12BrNS/c1-13(2)7-10-11(15-12(14)16-10)8-5-3-4-6-9(8)13/h3-6H,7H2,1-2H3. The van der Waals surface area contributed by atoms with Crippen LogP contribution in [0.4, 0.5) is 0 Å². The lowest BCUT2D eigenvalue weighted by Crippen LogP contribution is -2.24. The zero-order valence-electron chi connectivity index (χ0n) is 9.25. The molecule has 1 aromatic heterocycles. The number of benzene rings is 1. The van der Waals surface area contributed by atoms with Crippen LogP contribution in [-0.2, 0) is 11.8 Å². The number of nitrogens with zero attached hydrogens (tertiary/aromatic N) is 1. The third kappa shape index (κ3) is 1.45. The minimum Gasteiger partial charge on any atom is -0.229 e. The van der Waals surface area contributed by atoms with E-state index in [4.69, 9.17) is 0 Å². The predicted octanol–water partition coefficient (Wildman–Crippen LogP) is 4.41. The van der Waals surface area contributed by atoms with Gasteiger partial charge in [0.05, 0.1) is 5.69 Å². The summed E-state index contributed by atoms with van der Waals surface area (Å²) in [6.07, 6.45) is 1.09. The van der Waals surface area contributed by atoms with Crippen molar-refractivity contribution in [1.82, 2.24) is 4.98 Å². The zero-order valence-corrected chi connectivity index (χ0v) is 11.7. The molecule has 0 N–H and O–H groups in total. The van der Waals surface area contributed by atoms with E-state index in [9.17, 15) is 0 Å². The first-order chi connectivity index (χ1) is 7.58. The fraction of sp³-hybridized carbons (Fsp3) is 0.308. The van der Waals surface area contributed by atoms with Gasteiger partial charge >= 0.3 is 0 Å². The van der Waals surface area contributed by atoms with Crippen LogP contribution >= 0.6 is 27.3 Å². The van der Waals surface area contributed by atoms with Crippen LogP contribution in [0.15, 0.2) is 28.2 Å². The van der Waals surface area contributed by atoms with Gasteiger partial charge in [-0.15, -0.1) is 11.3 Å². The molecule has 82 valence electrons. The maximum Gasteiger partial charge on any atom is 0.160 e. The van der Waals surface area contributed by atoms with Gasteiger partial charge in [0.25, 0.3) is 0 Å². The second-order valence-electron chi connectivity index (χ2n) is 4.84. The first kappa shape index (κ1) is 10.5. The quantitative estimate of drug-likeness (QED) is 0.701. The third-order valence-electron chi connectivity index (χ3n) is 3.19. The molecule has 0 saturated carbocycles. The minimum absolute atomic E-state index is 0.218. The van der Waals surface area contributed by atoms with Gasteiger partial charge in [0.2, 0.25) is 0 Å². The molecular formula is C13H12BrNS. The lowest BCUT2D eigenvalue weighted by atomic mass is 9.74. The molecular weight excluding hydrogens is 282 g/mol. The van der Waals surface area contributed by atoms with Crippen LogP contribution in [0.5, 0.6) is 0 Å². The average molecular weight is 294 g/mol. The average Bonchev–Trinajstić information content (AvgIpc) is 2.58. The number of hydrogen-bond acceptors (Lipinski definition) is 2. The van der Waals surface area contributed by atoms with Gasteiger partial charge in [-0.3, -0.25) is 0 Å². The van der Waals surface area contributed by atoms with E-state index in [-0.39, 0.29) is 5.41 Å². The van der Waals surface area contributed by atoms with Gasteiger partial charge in [-0.05, 0) is 33.3 Å². The first-order valence-corrected chi connectivity index (χ1v) is 6.94. The summed E-state index contributed by atoms with van der Waals surface area (Å²) in [4.78, 5) is 5.99. The predicted molar refractivity (Wildman–Crippen MR) is 72.0 cm³/mol. The van der Waals surface area contributed by atoms with Gasteiger partial charge in [-0.1, -0.05) is 38.1 Å². The van der Waals surface area contributed by atoms with Crippen LogP contribution < -0.4 is 0 Å². The Balaban J connectivity index is 2.32. The van der Waals surface area contributed by atoms with Crippen LogP contribution in [0, 0.1) is 0 Å². The molecule has 0 radical (unpaired) electrons. The third-order valence-corrected chi connectivity index (χ3v) is 4.69. The van der Waals surface area contributed by atoms with Crippen LogP contribution in [-0.4, -0.2) is 4.98 Å². The van der Waals surface area contributed by atoms with Crippen LogP contribution in [0.25, 0.3) is 11.3 Å². The Morgan fingerprint density at radius 1 is 1.31 bits per heavy atom. The molecule has 0 amide bonds. The van der Waals surface area contributed by atoms with Gasteiger partial charge in [0.1, 0.15) is 0 Å². The van der Waals surface area contributed by atoms with E-state index < -0.39 is 0 Å². The Bertz CT molecular complexity index is 557. The van der Waals surface area contributed by atoms with Crippen molar-refractivity contribution in [3.63, 3.8) is 0 Å². The molecule has 0 fully saturated rings. The largest absolute Gasteiger partial charge is 0.229 e. The van der Waals surface area contributed by atoms with Gasteiger partial charge in [0.15, 0.2) is 3.92 Å². The molecule has 2 aromatic rings. The number of fused-ring (bicyclic) bond motifs is 3. The number of aromatic nitrogens is 1. The molecule has 3 heteroatoms. The van der Waals surface area contributed by atoms with Crippen molar-refractivity contribution in [2.45, 2.75) is 25.7 Å². The van der Waals surface area contributed by atoms with Crippen molar-refractivity contribution in [3.8, 4) is 11.3 Å². The van der Waals surface area contributed by atoms with Crippen molar-refractivity contribution >= 4 is 27.3 Å². The highest BCUT2D eigenvalue weighted by Crippen LogP contribution is 2.45. The number of halogens is 1. The number of hydrogen-bond donors (Lipinski definition) is 0. The van der Waals surface area contributed by atoms with Crippen molar-refractivity contribution < 1.29 is 0 Å². The maximum absolute atomic E-state index is 4.59. The Hall–Kier alpha value is -0.670. The lowest BCUT2D eigenvalue weighted by Gasteiger charge is -2.31. The highest BCUT2D eigenvalue weighted by molar-refractivity contribution is 9.11. The van der Waals surface area contributed by atoms with Crippen molar-refractivity contribution in [2.75, 3.05) is 0 Å². The molecule has 1 aliphatic rings. The van der Waals surface area contributed by atoms with Crippen molar-refractivity contribution in [2.24, 2.45) is 0 Å². The number of rotatable bonds is 0. The van der Waals surface area contributed by atoms with Gasteiger partial charge in [0, 0.05) is 10.4 Å². The fourth-order valence-electron chi connectivity index (χ4n) is 2.43. The molecule has 1 aliphatic carbocycles. The normalized spacial score (nSPS) is 16.7. The van der Waals surface area contributed by atoms with E-state index in [1.54, 1.807) is 11.3 Å². The van der Waals surface area contributed by atoms with Gasteiger partial charge in [-0.2, -0.15) is 0 Å². The van der Waals surface area contributed by atoms with Crippen LogP contribution in [0.2, 0.25) is 0 Å². The van der Waals surface area contributed by atoms with Crippen LogP contribution in [0.3, 0.4) is 0 Å². The monoisotopic (exact) mass is 293 g/mol. The van der Waals surface area contributed by atoms with E-state index in [1.165, 1.54) is 21.7 Å². The molecule has 16 heavy (non-hydrogen) atoms. The van der Waals surface area contributed by atoms with Gasteiger partial charge < -0.3 is 0 Å². The summed E-state index contributed by atoms with van der Waals surface area (Å²) in [7, 11) is 0. The second-order valence-corrected chi connectivity index (χ2v) is 7.20. The summed E-state index contributed by atoms with van der Waals surface area (Å²) in [5.74, 6) is 0. The SMILES string of the molecule is CC1(C)Cc2sc(Br)nc2-c2ccccc21. The smallest absolute Gasteiger partial charge is 0.160 e. The Morgan fingerprint density at radius 2 is 2.06 bits per heavy atom. The Morgan fingerprint density at radius 3 is 2.88 bits per heavy atom. The van der Waals surface area contributed by atoms with Gasteiger partial charge in [-0.25, -0.2) is 4.98 Å². The van der Waals surface area contributed by atoms with E-state index in [0.29, 0.717) is 0 Å². The molecule has 1 nitrogen and oxygen atoms in total. The zero-order chi connectivity index (χ0) is 11.3. The molecule has 1 aromatic carbocycles. The van der Waals surface area contributed by atoms with E-state index in [2.05, 4.69) is 59.0 Å². The Kier molecular flexibility index (Phi) is 2.23. The Labute approximate surface area is 108 Å². The van der Waals surface area contributed by atoms with Crippen molar-refractivity contribution in [1.29, 1.82) is 0 Å². The topological polar surface area (TPSA) is 12.9 Å². The molecule has 1 heterocycles. The molecule has 0 aliphatic heterocycles. The molecule has 0 bridgehead atoms. The maximum atomic E-state index is 4.59. The summed E-state index contributed by atoms with van der Waals surface area (Å²) < 4.78 is 0.991. The van der Waals surface area contributed by atoms with E-state index >= 15 is 0 Å². The molecule has 0 spiro atoms. The fourth-order valence-corrected chi connectivity index (χ4v) is 4.22. The van der Waals surface area contributed by atoms with E-state index in [1.807, 2.05) is 0 Å². The summed E-state index contributed by atoms with van der Waals surface area (Å²) in [6, 6.07) is 8.62. The summed E-state index contributed by atoms with van der Waals surface area (Å²) >= 11 is 5.25. The molecule has 0 atom stereocenters. The first-order valence-electron chi connectivity index (χ1n) is 5.33. The number of thiazole rings is 1. The van der Waals surface area contributed by atoms with Crippen molar-refractivity contribution in [3.05, 3.63) is 38.6 Å². The highest BCUT2D eigenvalue weighted by Gasteiger charge is 2.32. The lowest BCUT2D eigenvalue weighted by molar-refractivity contribution is 0.521. The van der Waals surface area contributed by atoms with Crippen LogP contribution in [0.1, 0.15) is 24.3 Å². The molecule has 3 rings (SSSR count).